The number of hydrogen-bond acceptors (Lipinski definition) is 5. The van der Waals surface area contributed by atoms with E-state index in [0.717, 1.165) is 25.0 Å². The van der Waals surface area contributed by atoms with Crippen molar-refractivity contribution in [2.24, 2.45) is 5.92 Å². The summed E-state index contributed by atoms with van der Waals surface area (Å²) in [6.45, 7) is 0.592. The molecule has 2 N–H and O–H groups in total. The van der Waals surface area contributed by atoms with Gasteiger partial charge in [-0.05, 0) is 37.3 Å². The predicted molar refractivity (Wildman–Crippen MR) is 73.1 cm³/mol. The van der Waals surface area contributed by atoms with Gasteiger partial charge in [0.05, 0.1) is 17.1 Å². The molecule has 1 amide bonds. The second-order valence-corrected chi connectivity index (χ2v) is 5.50. The molecule has 0 spiro atoms. The van der Waals surface area contributed by atoms with Crippen LogP contribution >= 0.6 is 0 Å². The largest absolute Gasteiger partial charge is 0.508 e. The van der Waals surface area contributed by atoms with Crippen LogP contribution < -0.4 is 5.32 Å². The van der Waals surface area contributed by atoms with E-state index in [-0.39, 0.29) is 29.1 Å². The van der Waals surface area contributed by atoms with Crippen molar-refractivity contribution < 1.29 is 19.6 Å². The molecule has 1 heterocycles. The van der Waals surface area contributed by atoms with Gasteiger partial charge >= 0.3 is 0 Å². The molecule has 2 aliphatic rings. The minimum Gasteiger partial charge on any atom is -0.508 e. The second-order valence-electron chi connectivity index (χ2n) is 5.50. The molecule has 3 rings (SSSR count). The van der Waals surface area contributed by atoms with Crippen LogP contribution in [0.15, 0.2) is 18.2 Å². The number of ether oxygens (including phenoxy) is 1. The molecule has 0 bridgehead atoms. The van der Waals surface area contributed by atoms with Gasteiger partial charge in [-0.1, -0.05) is 0 Å². The van der Waals surface area contributed by atoms with E-state index in [4.69, 9.17) is 4.74 Å². The van der Waals surface area contributed by atoms with Crippen molar-refractivity contribution in [3.63, 3.8) is 0 Å². The number of phenolic OH excluding ortho intramolecular Hbond substituents is 1. The van der Waals surface area contributed by atoms with Gasteiger partial charge in [-0.15, -0.1) is 0 Å². The molecule has 7 heteroatoms. The fourth-order valence-corrected chi connectivity index (χ4v) is 2.77. The third-order valence-corrected chi connectivity index (χ3v) is 3.96. The Morgan fingerprint density at radius 1 is 1.38 bits per heavy atom. The van der Waals surface area contributed by atoms with E-state index < -0.39 is 10.8 Å². The van der Waals surface area contributed by atoms with Gasteiger partial charge in [-0.3, -0.25) is 14.9 Å². The van der Waals surface area contributed by atoms with E-state index >= 15 is 0 Å². The summed E-state index contributed by atoms with van der Waals surface area (Å²) in [6, 6.07) is 3.33. The van der Waals surface area contributed by atoms with E-state index in [1.165, 1.54) is 6.07 Å². The lowest BCUT2D eigenvalue weighted by Crippen LogP contribution is -2.41. The smallest absolute Gasteiger partial charge is 0.282 e. The fraction of sp³-hybridized carbons (Fsp3) is 0.500. The maximum Gasteiger partial charge on any atom is 0.282 e. The lowest BCUT2D eigenvalue weighted by Gasteiger charge is -2.19. The van der Waals surface area contributed by atoms with Crippen LogP contribution in [-0.2, 0) is 4.74 Å². The number of carbonyl (C=O) groups excluding carboxylic acids is 1. The molecule has 2 atom stereocenters. The Hall–Kier alpha value is -2.15. The topological polar surface area (TPSA) is 102 Å². The van der Waals surface area contributed by atoms with Crippen molar-refractivity contribution in [2.45, 2.75) is 31.4 Å². The van der Waals surface area contributed by atoms with Gasteiger partial charge in [0.15, 0.2) is 0 Å². The van der Waals surface area contributed by atoms with E-state index in [9.17, 15) is 20.0 Å². The number of nitro groups is 1. The first kappa shape index (κ1) is 13.8. The quantitative estimate of drug-likeness (QED) is 0.648. The summed E-state index contributed by atoms with van der Waals surface area (Å²) in [5.74, 6) is -0.233. The van der Waals surface area contributed by atoms with Crippen LogP contribution in [0.2, 0.25) is 0 Å². The number of nitrogens with zero attached hydrogens (tertiary/aromatic N) is 1. The van der Waals surface area contributed by atoms with Crippen molar-refractivity contribution in [2.75, 3.05) is 6.61 Å². The van der Waals surface area contributed by atoms with Crippen LogP contribution in [0.1, 0.15) is 29.6 Å². The highest BCUT2D eigenvalue weighted by molar-refractivity contribution is 5.98. The summed E-state index contributed by atoms with van der Waals surface area (Å²) in [5, 5.41) is 23.2. The summed E-state index contributed by atoms with van der Waals surface area (Å²) in [6.07, 6.45) is 2.91. The van der Waals surface area contributed by atoms with Crippen molar-refractivity contribution in [3.8, 4) is 5.75 Å². The lowest BCUT2D eigenvalue weighted by molar-refractivity contribution is -0.385. The van der Waals surface area contributed by atoms with Gasteiger partial charge in [-0.2, -0.15) is 0 Å². The lowest BCUT2D eigenvalue weighted by atomic mass is 10.0. The highest BCUT2D eigenvalue weighted by Crippen LogP contribution is 2.39. The van der Waals surface area contributed by atoms with Crippen LogP contribution in [-0.4, -0.2) is 34.7 Å². The first-order valence-electron chi connectivity index (χ1n) is 6.96. The van der Waals surface area contributed by atoms with Gasteiger partial charge in [0.25, 0.3) is 11.6 Å². The SMILES string of the molecule is O=C(NC1CCOC1C1CC1)c1cc(O)ccc1[N+](=O)[O-]. The van der Waals surface area contributed by atoms with Crippen molar-refractivity contribution in [3.05, 3.63) is 33.9 Å². The van der Waals surface area contributed by atoms with Gasteiger partial charge in [0.2, 0.25) is 0 Å². The molecule has 1 aromatic carbocycles. The van der Waals surface area contributed by atoms with E-state index in [1.54, 1.807) is 0 Å². The number of nitro benzene ring substituents is 1. The summed E-state index contributed by atoms with van der Waals surface area (Å²) >= 11 is 0. The summed E-state index contributed by atoms with van der Waals surface area (Å²) in [5.41, 5.74) is -0.436. The first-order valence-corrected chi connectivity index (χ1v) is 6.96. The van der Waals surface area contributed by atoms with Gasteiger partial charge in [0, 0.05) is 12.7 Å². The average molecular weight is 292 g/mol. The number of nitrogens with one attached hydrogen (secondary N) is 1. The number of benzene rings is 1. The standard InChI is InChI=1S/C14H16N2O5/c17-9-3-4-12(16(19)20)10(7-9)14(18)15-11-5-6-21-13(11)8-1-2-8/h3-4,7-8,11,13,17H,1-2,5-6H2,(H,15,18). The van der Waals surface area contributed by atoms with Crippen LogP contribution in [0.3, 0.4) is 0 Å². The molecule has 21 heavy (non-hydrogen) atoms. The maximum atomic E-state index is 12.3. The molecule has 2 unspecified atom stereocenters. The number of hydrogen-bond donors (Lipinski definition) is 2. The molecule has 0 aromatic heterocycles. The fourth-order valence-electron chi connectivity index (χ4n) is 2.77. The van der Waals surface area contributed by atoms with Crippen LogP contribution in [0, 0.1) is 16.0 Å². The van der Waals surface area contributed by atoms with Gasteiger partial charge in [-0.25, -0.2) is 0 Å². The predicted octanol–water partition coefficient (Wildman–Crippen LogP) is 1.60. The average Bonchev–Trinajstić information content (AvgIpc) is 3.19. The van der Waals surface area contributed by atoms with Crippen molar-refractivity contribution >= 4 is 11.6 Å². The Kier molecular flexibility index (Phi) is 3.50. The van der Waals surface area contributed by atoms with E-state index in [2.05, 4.69) is 5.32 Å². The molecular weight excluding hydrogens is 276 g/mol. The van der Waals surface area contributed by atoms with Gasteiger partial charge < -0.3 is 15.2 Å². The summed E-state index contributed by atoms with van der Waals surface area (Å²) in [4.78, 5) is 22.6. The normalized spacial score (nSPS) is 24.8. The highest BCUT2D eigenvalue weighted by atomic mass is 16.6. The molecule has 2 fully saturated rings. The number of rotatable bonds is 4. The Balaban J connectivity index is 1.78. The maximum absolute atomic E-state index is 12.3. The zero-order valence-electron chi connectivity index (χ0n) is 11.3. The number of amides is 1. The molecule has 1 aliphatic heterocycles. The molecule has 1 aliphatic carbocycles. The van der Waals surface area contributed by atoms with E-state index in [1.807, 2.05) is 0 Å². The van der Waals surface area contributed by atoms with Gasteiger partial charge in [0.1, 0.15) is 11.3 Å². The highest BCUT2D eigenvalue weighted by Gasteiger charge is 2.41. The first-order chi connectivity index (χ1) is 10.1. The minimum atomic E-state index is -0.627. The number of aromatic hydroxyl groups is 1. The minimum absolute atomic E-state index is 0.00492. The molecule has 7 nitrogen and oxygen atoms in total. The zero-order valence-corrected chi connectivity index (χ0v) is 11.3. The Morgan fingerprint density at radius 2 is 2.14 bits per heavy atom. The molecular formula is C14H16N2O5. The Morgan fingerprint density at radius 3 is 2.81 bits per heavy atom. The number of phenols is 1. The summed E-state index contributed by atoms with van der Waals surface area (Å²) in [7, 11) is 0. The Labute approximate surface area is 121 Å². The van der Waals surface area contributed by atoms with Crippen LogP contribution in [0.25, 0.3) is 0 Å². The summed E-state index contributed by atoms with van der Waals surface area (Å²) < 4.78 is 5.63. The zero-order chi connectivity index (χ0) is 15.0. The third kappa shape index (κ3) is 2.82. The third-order valence-electron chi connectivity index (χ3n) is 3.96. The number of carbonyl (C=O) groups is 1. The Bertz CT molecular complexity index is 585. The van der Waals surface area contributed by atoms with Crippen molar-refractivity contribution in [1.82, 2.24) is 5.32 Å². The monoisotopic (exact) mass is 292 g/mol. The molecule has 1 aromatic rings. The van der Waals surface area contributed by atoms with Crippen LogP contribution in [0.4, 0.5) is 5.69 Å². The molecule has 0 radical (unpaired) electrons. The second kappa shape index (κ2) is 5.33. The molecule has 112 valence electrons. The molecule has 1 saturated heterocycles. The van der Waals surface area contributed by atoms with E-state index in [0.29, 0.717) is 18.9 Å². The van der Waals surface area contributed by atoms with Crippen LogP contribution in [0.5, 0.6) is 5.75 Å². The van der Waals surface area contributed by atoms with Crippen molar-refractivity contribution in [1.29, 1.82) is 0 Å². The molecule has 1 saturated carbocycles.